The zero-order valence-electron chi connectivity index (χ0n) is 19.1. The first-order chi connectivity index (χ1) is 15.8. The Morgan fingerprint density at radius 3 is 2.82 bits per heavy atom. The lowest BCUT2D eigenvalue weighted by atomic mass is 9.53. The van der Waals surface area contributed by atoms with Crippen LogP contribution in [0.15, 0.2) is 42.6 Å². The predicted octanol–water partition coefficient (Wildman–Crippen LogP) is 1.88. The van der Waals surface area contributed by atoms with Gasteiger partial charge in [0.05, 0.1) is 24.4 Å². The van der Waals surface area contributed by atoms with Crippen LogP contribution in [-0.2, 0) is 20.5 Å². The molecule has 3 unspecified atom stereocenters. The van der Waals surface area contributed by atoms with E-state index < -0.39 is 17.4 Å². The number of amides is 1. The molecule has 4 fully saturated rings. The van der Waals surface area contributed by atoms with E-state index in [0.717, 1.165) is 36.4 Å². The summed E-state index contributed by atoms with van der Waals surface area (Å²) < 4.78 is 7.94. The summed E-state index contributed by atoms with van der Waals surface area (Å²) in [6.07, 6.45) is 3.76. The summed E-state index contributed by atoms with van der Waals surface area (Å²) in [7, 11) is 0. The average Bonchev–Trinajstić information content (AvgIpc) is 3.54. The Balaban J connectivity index is 1.34. The van der Waals surface area contributed by atoms with Crippen molar-refractivity contribution < 1.29 is 9.53 Å². The second-order valence-electron chi connectivity index (χ2n) is 10.4. The number of hydrogen-bond acceptors (Lipinski definition) is 6. The molecule has 2 bridgehead atoms. The molecule has 7 rings (SSSR count). The van der Waals surface area contributed by atoms with Crippen LogP contribution in [-0.4, -0.2) is 46.7 Å². The van der Waals surface area contributed by atoms with E-state index in [-0.39, 0.29) is 10.8 Å². The summed E-state index contributed by atoms with van der Waals surface area (Å²) in [5.41, 5.74) is 14.9. The molecule has 172 valence electrons. The molecule has 0 spiro atoms. The van der Waals surface area contributed by atoms with Crippen molar-refractivity contribution in [2.24, 2.45) is 22.8 Å². The van der Waals surface area contributed by atoms with E-state index in [9.17, 15) is 4.79 Å². The molecule has 3 aromatic rings. The number of fused-ring (bicyclic) bond motifs is 2. The van der Waals surface area contributed by atoms with E-state index in [1.807, 2.05) is 17.6 Å². The first-order valence-corrected chi connectivity index (χ1v) is 11.6. The molecule has 4 N–H and O–H groups in total. The van der Waals surface area contributed by atoms with Crippen molar-refractivity contribution in [1.82, 2.24) is 14.6 Å². The Morgan fingerprint density at radius 2 is 2.09 bits per heavy atom. The van der Waals surface area contributed by atoms with Gasteiger partial charge in [-0.3, -0.25) is 4.79 Å². The number of anilines is 1. The summed E-state index contributed by atoms with van der Waals surface area (Å²) in [5.74, 6) is -0.348. The first-order valence-electron chi connectivity index (χ1n) is 11.6. The Morgan fingerprint density at radius 1 is 1.30 bits per heavy atom. The number of hydrogen-bond donors (Lipinski definition) is 2. The minimum absolute atomic E-state index is 0.112. The lowest BCUT2D eigenvalue weighted by molar-refractivity contribution is -0.148. The number of pyridine rings is 1. The second kappa shape index (κ2) is 6.77. The van der Waals surface area contributed by atoms with Gasteiger partial charge >= 0.3 is 0 Å². The van der Waals surface area contributed by atoms with Gasteiger partial charge in [-0.1, -0.05) is 37.3 Å². The molecule has 3 saturated heterocycles. The first kappa shape index (κ1) is 20.6. The van der Waals surface area contributed by atoms with E-state index in [0.29, 0.717) is 25.4 Å². The van der Waals surface area contributed by atoms with Gasteiger partial charge in [0.1, 0.15) is 5.60 Å². The van der Waals surface area contributed by atoms with Crippen molar-refractivity contribution in [3.63, 3.8) is 0 Å². The number of carbonyl (C=O) groups is 1. The number of ether oxygens (including phenoxy) is 1. The Bertz CT molecular complexity index is 1260. The molecule has 1 aliphatic carbocycles. The highest BCUT2D eigenvalue weighted by Gasteiger charge is 2.74. The third kappa shape index (κ3) is 2.74. The summed E-state index contributed by atoms with van der Waals surface area (Å²) in [6.45, 7) is 7.10. The summed E-state index contributed by atoms with van der Waals surface area (Å²) in [6, 6.07) is 12.9. The Labute approximate surface area is 192 Å². The standard InChI is InChI=1S/C25H30N6O2/c1-16-10-18(30-9-8-23(2,14-30)17-6-4-3-5-7-17)11-31-21(16)28-22(29-31)25-12-24(13-26,15-33-25)19(25)20(27)32/h3-7,10-11,19H,8-9,12-15,26H2,1-2H3,(H2,27,32)/t19?,23-,24?,25?/m0/s1. The molecule has 8 heteroatoms. The van der Waals surface area contributed by atoms with Gasteiger partial charge in [0.25, 0.3) is 0 Å². The molecule has 4 atom stereocenters. The molecular formula is C25H30N6O2. The fourth-order valence-corrected chi connectivity index (χ4v) is 6.43. The zero-order valence-corrected chi connectivity index (χ0v) is 19.1. The van der Waals surface area contributed by atoms with Crippen molar-refractivity contribution in [1.29, 1.82) is 0 Å². The van der Waals surface area contributed by atoms with Gasteiger partial charge in [0, 0.05) is 30.5 Å². The molecule has 2 aromatic heterocycles. The SMILES string of the molecule is Cc1cc(N2CC[C@](C)(c3ccccc3)C2)cn2nc(C34CC(CN)(CO3)C4C(N)=O)nc12. The van der Waals surface area contributed by atoms with Crippen LogP contribution in [0.4, 0.5) is 5.69 Å². The molecule has 8 nitrogen and oxygen atoms in total. The van der Waals surface area contributed by atoms with Crippen LogP contribution in [0.5, 0.6) is 0 Å². The van der Waals surface area contributed by atoms with Gasteiger partial charge in [-0.2, -0.15) is 0 Å². The zero-order chi connectivity index (χ0) is 23.0. The number of benzene rings is 1. The smallest absolute Gasteiger partial charge is 0.224 e. The second-order valence-corrected chi connectivity index (χ2v) is 10.4. The number of carbonyl (C=O) groups excluding carboxylic acids is 1. The molecule has 4 aliphatic rings. The number of rotatable bonds is 5. The Hall–Kier alpha value is -2.97. The van der Waals surface area contributed by atoms with Gasteiger partial charge in [0.2, 0.25) is 5.91 Å². The maximum absolute atomic E-state index is 12.3. The number of aromatic nitrogens is 3. The van der Waals surface area contributed by atoms with Crippen LogP contribution in [0, 0.1) is 18.3 Å². The highest BCUT2D eigenvalue weighted by molar-refractivity contribution is 5.81. The lowest BCUT2D eigenvalue weighted by Gasteiger charge is -2.48. The van der Waals surface area contributed by atoms with Gasteiger partial charge in [-0.05, 0) is 37.0 Å². The van der Waals surface area contributed by atoms with E-state index in [1.54, 1.807) is 0 Å². The summed E-state index contributed by atoms with van der Waals surface area (Å²) in [5, 5.41) is 4.80. The van der Waals surface area contributed by atoms with E-state index in [2.05, 4.69) is 48.2 Å². The van der Waals surface area contributed by atoms with Crippen molar-refractivity contribution in [2.45, 2.75) is 37.7 Å². The summed E-state index contributed by atoms with van der Waals surface area (Å²) >= 11 is 0. The molecule has 3 aliphatic heterocycles. The van der Waals surface area contributed by atoms with Crippen LogP contribution in [0.3, 0.4) is 0 Å². The van der Waals surface area contributed by atoms with Crippen molar-refractivity contribution in [3.8, 4) is 0 Å². The van der Waals surface area contributed by atoms with Crippen LogP contribution in [0.25, 0.3) is 5.65 Å². The van der Waals surface area contributed by atoms with Gasteiger partial charge in [-0.15, -0.1) is 5.10 Å². The topological polar surface area (TPSA) is 112 Å². The third-order valence-corrected chi connectivity index (χ3v) is 8.29. The lowest BCUT2D eigenvalue weighted by Crippen LogP contribution is -2.61. The van der Waals surface area contributed by atoms with E-state index in [1.165, 1.54) is 5.56 Å². The molecule has 5 heterocycles. The highest BCUT2D eigenvalue weighted by atomic mass is 16.5. The van der Waals surface area contributed by atoms with Crippen molar-refractivity contribution >= 4 is 17.2 Å². The minimum Gasteiger partial charge on any atom is -0.369 e. The van der Waals surface area contributed by atoms with Gasteiger partial charge < -0.3 is 21.1 Å². The van der Waals surface area contributed by atoms with Crippen LogP contribution in [0.1, 0.15) is 36.7 Å². The van der Waals surface area contributed by atoms with E-state index >= 15 is 0 Å². The van der Waals surface area contributed by atoms with Crippen LogP contribution < -0.4 is 16.4 Å². The number of nitrogens with two attached hydrogens (primary N) is 2. The maximum Gasteiger partial charge on any atom is 0.224 e. The normalized spacial score (nSPS) is 32.9. The largest absolute Gasteiger partial charge is 0.369 e. The van der Waals surface area contributed by atoms with Crippen LogP contribution in [0.2, 0.25) is 0 Å². The van der Waals surface area contributed by atoms with E-state index in [4.69, 9.17) is 26.3 Å². The fourth-order valence-electron chi connectivity index (χ4n) is 6.43. The van der Waals surface area contributed by atoms with Crippen molar-refractivity contribution in [3.05, 3.63) is 59.5 Å². The van der Waals surface area contributed by atoms with Gasteiger partial charge in [-0.25, -0.2) is 9.50 Å². The summed E-state index contributed by atoms with van der Waals surface area (Å²) in [4.78, 5) is 19.5. The number of primary amides is 1. The highest BCUT2D eigenvalue weighted by Crippen LogP contribution is 2.66. The van der Waals surface area contributed by atoms with Crippen molar-refractivity contribution in [2.75, 3.05) is 31.1 Å². The molecule has 1 amide bonds. The quantitative estimate of drug-likeness (QED) is 0.619. The minimum atomic E-state index is -0.858. The fraction of sp³-hybridized carbons (Fsp3) is 0.480. The number of aryl methyl sites for hydroxylation is 1. The third-order valence-electron chi connectivity index (χ3n) is 8.29. The molecule has 0 radical (unpaired) electrons. The van der Waals surface area contributed by atoms with Crippen LogP contribution >= 0.6 is 0 Å². The molecule has 1 saturated carbocycles. The van der Waals surface area contributed by atoms with Gasteiger partial charge in [0.15, 0.2) is 11.5 Å². The average molecular weight is 447 g/mol. The number of nitrogens with zero attached hydrogens (tertiary/aromatic N) is 4. The molecular weight excluding hydrogens is 416 g/mol. The predicted molar refractivity (Wildman–Crippen MR) is 125 cm³/mol. The maximum atomic E-state index is 12.3. The molecule has 33 heavy (non-hydrogen) atoms. The Kier molecular flexibility index (Phi) is 4.23. The monoisotopic (exact) mass is 446 g/mol. The molecule has 1 aromatic carbocycles.